The molecule has 0 fully saturated rings. The van der Waals surface area contributed by atoms with Crippen molar-refractivity contribution in [3.63, 3.8) is 0 Å². The summed E-state index contributed by atoms with van der Waals surface area (Å²) in [7, 11) is 0. The van der Waals surface area contributed by atoms with Gasteiger partial charge in [0.15, 0.2) is 12.4 Å². The van der Waals surface area contributed by atoms with Gasteiger partial charge in [-0.1, -0.05) is 13.8 Å². The summed E-state index contributed by atoms with van der Waals surface area (Å²) >= 11 is 1.73. The van der Waals surface area contributed by atoms with Gasteiger partial charge in [0.25, 0.3) is 5.91 Å². The second-order valence-corrected chi connectivity index (χ2v) is 8.00. The molecule has 1 N–H and O–H groups in total. The van der Waals surface area contributed by atoms with E-state index in [0.717, 1.165) is 24.8 Å². The van der Waals surface area contributed by atoms with Gasteiger partial charge in [-0.15, -0.1) is 11.3 Å². The van der Waals surface area contributed by atoms with Gasteiger partial charge >= 0.3 is 0 Å². The quantitative estimate of drug-likeness (QED) is 0.934. The Morgan fingerprint density at radius 3 is 2.87 bits per heavy atom. The van der Waals surface area contributed by atoms with Gasteiger partial charge < -0.3 is 9.32 Å². The summed E-state index contributed by atoms with van der Waals surface area (Å²) in [5, 5.41) is 1.11. The van der Waals surface area contributed by atoms with Crippen LogP contribution in [0.5, 0.6) is 0 Å². The molecule has 0 radical (unpaired) electrons. The second-order valence-electron chi connectivity index (χ2n) is 6.79. The summed E-state index contributed by atoms with van der Waals surface area (Å²) in [6, 6.07) is 3.52. The van der Waals surface area contributed by atoms with Crippen LogP contribution in [0, 0.1) is 19.8 Å². The zero-order valence-electron chi connectivity index (χ0n) is 14.3. The van der Waals surface area contributed by atoms with Crippen molar-refractivity contribution in [2.24, 2.45) is 5.92 Å². The lowest BCUT2D eigenvalue weighted by Crippen LogP contribution is -3.13. The van der Waals surface area contributed by atoms with Gasteiger partial charge in [-0.2, -0.15) is 0 Å². The van der Waals surface area contributed by atoms with Crippen molar-refractivity contribution in [1.82, 2.24) is 0 Å². The third kappa shape index (κ3) is 3.21. The monoisotopic (exact) mass is 333 g/mol. The lowest BCUT2D eigenvalue weighted by molar-refractivity contribution is -0.914. The number of nitrogens with one attached hydrogen (secondary N) is 1. The van der Waals surface area contributed by atoms with Crippen LogP contribution in [-0.4, -0.2) is 19.1 Å². The average molecular weight is 333 g/mol. The van der Waals surface area contributed by atoms with Crippen molar-refractivity contribution < 1.29 is 14.1 Å². The van der Waals surface area contributed by atoms with E-state index in [4.69, 9.17) is 4.42 Å². The van der Waals surface area contributed by atoms with Crippen LogP contribution >= 0.6 is 11.3 Å². The SMILES string of the molecule is Cc1sc2c(c1C)C[NH+](CCC(C)C)CN2C(=O)c1ccco1. The maximum atomic E-state index is 12.9. The third-order valence-electron chi connectivity index (χ3n) is 4.59. The van der Waals surface area contributed by atoms with E-state index in [1.165, 1.54) is 27.3 Å². The number of aryl methyl sites for hydroxylation is 1. The number of hydrogen-bond acceptors (Lipinski definition) is 3. The fourth-order valence-electron chi connectivity index (χ4n) is 3.04. The number of thiophene rings is 1. The molecule has 0 bridgehead atoms. The fraction of sp³-hybridized carbons (Fsp3) is 0.500. The number of carbonyl (C=O) groups is 1. The Bertz CT molecular complexity index is 688. The van der Waals surface area contributed by atoms with E-state index in [-0.39, 0.29) is 5.91 Å². The first-order chi connectivity index (χ1) is 11.0. The summed E-state index contributed by atoms with van der Waals surface area (Å²) in [5.74, 6) is 1.08. The molecule has 1 aliphatic heterocycles. The molecule has 0 saturated carbocycles. The van der Waals surface area contributed by atoms with E-state index in [2.05, 4.69) is 27.7 Å². The van der Waals surface area contributed by atoms with Gasteiger partial charge in [0.1, 0.15) is 11.5 Å². The van der Waals surface area contributed by atoms with Gasteiger partial charge in [-0.25, -0.2) is 4.90 Å². The molecule has 1 amide bonds. The number of rotatable bonds is 4. The smallest absolute Gasteiger partial charge is 0.298 e. The molecule has 1 unspecified atom stereocenters. The topological polar surface area (TPSA) is 37.9 Å². The first-order valence-corrected chi connectivity index (χ1v) is 9.06. The van der Waals surface area contributed by atoms with E-state index >= 15 is 0 Å². The predicted octanol–water partition coefficient (Wildman–Crippen LogP) is 3.01. The summed E-state index contributed by atoms with van der Waals surface area (Å²) in [4.78, 5) is 17.5. The minimum atomic E-state index is -0.0285. The van der Waals surface area contributed by atoms with Crippen molar-refractivity contribution in [2.75, 3.05) is 18.1 Å². The number of furan rings is 1. The Morgan fingerprint density at radius 1 is 1.43 bits per heavy atom. The van der Waals surface area contributed by atoms with Gasteiger partial charge in [0.05, 0.1) is 12.8 Å². The second kappa shape index (κ2) is 6.49. The number of fused-ring (bicyclic) bond motifs is 1. The highest BCUT2D eigenvalue weighted by atomic mass is 32.1. The first kappa shape index (κ1) is 16.3. The van der Waals surface area contributed by atoms with Crippen molar-refractivity contribution in [3.05, 3.63) is 40.2 Å². The highest BCUT2D eigenvalue weighted by molar-refractivity contribution is 7.16. The molecule has 0 aromatic carbocycles. The number of hydrogen-bond donors (Lipinski definition) is 1. The first-order valence-electron chi connectivity index (χ1n) is 8.25. The Labute approximate surface area is 141 Å². The van der Waals surface area contributed by atoms with Gasteiger partial charge in [-0.05, 0) is 43.9 Å². The van der Waals surface area contributed by atoms with E-state index in [0.29, 0.717) is 11.7 Å². The Morgan fingerprint density at radius 2 is 2.22 bits per heavy atom. The van der Waals surface area contributed by atoms with Crippen molar-refractivity contribution in [1.29, 1.82) is 0 Å². The van der Waals surface area contributed by atoms with Crippen LogP contribution in [0.1, 0.15) is 46.8 Å². The zero-order chi connectivity index (χ0) is 16.6. The Balaban J connectivity index is 1.91. The molecule has 0 aliphatic carbocycles. The lowest BCUT2D eigenvalue weighted by Gasteiger charge is -2.32. The van der Waals surface area contributed by atoms with E-state index in [9.17, 15) is 4.79 Å². The van der Waals surface area contributed by atoms with Crippen molar-refractivity contribution >= 4 is 22.2 Å². The molecule has 0 saturated heterocycles. The van der Waals surface area contributed by atoms with Gasteiger partial charge in [0, 0.05) is 10.4 Å². The normalized spacial score (nSPS) is 17.6. The molecule has 4 nitrogen and oxygen atoms in total. The highest BCUT2D eigenvalue weighted by Gasteiger charge is 2.34. The van der Waals surface area contributed by atoms with Crippen molar-refractivity contribution in [3.8, 4) is 0 Å². The Kier molecular flexibility index (Phi) is 4.60. The molecular weight excluding hydrogens is 308 g/mol. The summed E-state index contributed by atoms with van der Waals surface area (Å²) in [5.41, 5.74) is 2.67. The maximum absolute atomic E-state index is 12.9. The lowest BCUT2D eigenvalue weighted by atomic mass is 10.1. The van der Waals surface area contributed by atoms with E-state index < -0.39 is 0 Å². The van der Waals surface area contributed by atoms with Crippen LogP contribution in [0.3, 0.4) is 0 Å². The summed E-state index contributed by atoms with van der Waals surface area (Å²) in [6.45, 7) is 11.6. The van der Waals surface area contributed by atoms with Crippen molar-refractivity contribution in [2.45, 2.75) is 40.7 Å². The Hall–Kier alpha value is -1.59. The minimum Gasteiger partial charge on any atom is -0.459 e. The number of anilines is 1. The number of quaternary nitrogens is 1. The fourth-order valence-corrected chi connectivity index (χ4v) is 4.21. The molecule has 1 atom stereocenters. The van der Waals surface area contributed by atoms with Crippen LogP contribution in [0.15, 0.2) is 22.8 Å². The van der Waals surface area contributed by atoms with Crippen LogP contribution in [0.4, 0.5) is 5.00 Å². The molecule has 23 heavy (non-hydrogen) atoms. The van der Waals surface area contributed by atoms with Crippen LogP contribution in [-0.2, 0) is 6.54 Å². The summed E-state index contributed by atoms with van der Waals surface area (Å²) < 4.78 is 5.34. The number of nitrogens with zero attached hydrogens (tertiary/aromatic N) is 1. The summed E-state index contributed by atoms with van der Waals surface area (Å²) in [6.07, 6.45) is 2.74. The van der Waals surface area contributed by atoms with Gasteiger partial charge in [-0.3, -0.25) is 4.79 Å². The largest absolute Gasteiger partial charge is 0.459 e. The zero-order valence-corrected chi connectivity index (χ0v) is 15.1. The average Bonchev–Trinajstić information content (AvgIpc) is 3.14. The van der Waals surface area contributed by atoms with Crippen LogP contribution < -0.4 is 9.80 Å². The van der Waals surface area contributed by atoms with E-state index in [1.54, 1.807) is 29.7 Å². The number of amides is 1. The third-order valence-corrected chi connectivity index (χ3v) is 5.87. The molecule has 5 heteroatoms. The highest BCUT2D eigenvalue weighted by Crippen LogP contribution is 2.36. The molecule has 1 aliphatic rings. The molecular formula is C18H25N2O2S+. The number of carbonyl (C=O) groups excluding carboxylic acids is 1. The van der Waals surface area contributed by atoms with Crippen LogP contribution in [0.25, 0.3) is 0 Å². The van der Waals surface area contributed by atoms with E-state index in [1.807, 2.05) is 4.90 Å². The molecule has 124 valence electrons. The molecule has 0 spiro atoms. The molecule has 2 aromatic rings. The predicted molar refractivity (Wildman–Crippen MR) is 93.2 cm³/mol. The maximum Gasteiger partial charge on any atom is 0.298 e. The standard InChI is InChI=1S/C18H24N2O2S/c1-12(2)7-8-19-10-15-13(3)14(4)23-18(15)20(11-19)17(21)16-6-5-9-22-16/h5-6,9,12H,7-8,10-11H2,1-4H3/p+1. The van der Waals surface area contributed by atoms with Gasteiger partial charge in [0.2, 0.25) is 0 Å². The molecule has 3 rings (SSSR count). The minimum absolute atomic E-state index is 0.0285. The molecule has 3 heterocycles. The molecule has 2 aromatic heterocycles. The van der Waals surface area contributed by atoms with Crippen LogP contribution in [0.2, 0.25) is 0 Å².